The van der Waals surface area contributed by atoms with E-state index in [0.29, 0.717) is 6.54 Å². The van der Waals surface area contributed by atoms with Gasteiger partial charge in [0.1, 0.15) is 12.4 Å². The Labute approximate surface area is 159 Å². The predicted octanol–water partition coefficient (Wildman–Crippen LogP) is 3.89. The van der Waals surface area contributed by atoms with E-state index in [-0.39, 0.29) is 5.91 Å². The van der Waals surface area contributed by atoms with Gasteiger partial charge in [0, 0.05) is 19.5 Å². The predicted molar refractivity (Wildman–Crippen MR) is 106 cm³/mol. The highest BCUT2D eigenvalue weighted by molar-refractivity contribution is 5.81. The Morgan fingerprint density at radius 2 is 1.67 bits per heavy atom. The molecular weight excluding hydrogens is 334 g/mol. The van der Waals surface area contributed by atoms with E-state index >= 15 is 0 Å². The summed E-state index contributed by atoms with van der Waals surface area (Å²) in [7, 11) is 0. The normalized spacial score (nSPS) is 21.7. The van der Waals surface area contributed by atoms with Crippen molar-refractivity contribution >= 4 is 16.9 Å². The van der Waals surface area contributed by atoms with Crippen molar-refractivity contribution in [3.63, 3.8) is 0 Å². The van der Waals surface area contributed by atoms with E-state index in [9.17, 15) is 4.79 Å². The first-order valence-corrected chi connectivity index (χ1v) is 10.0. The molecule has 2 aromatic carbocycles. The molecule has 1 saturated heterocycles. The minimum absolute atomic E-state index is 0.240. The van der Waals surface area contributed by atoms with Crippen LogP contribution >= 0.6 is 0 Å². The number of benzene rings is 2. The first kappa shape index (κ1) is 16.5. The topological polar surface area (TPSA) is 38.1 Å². The number of imidazole rings is 1. The largest absolute Gasteiger partial charge is 0.341 e. The van der Waals surface area contributed by atoms with E-state index in [1.54, 1.807) is 0 Å². The molecule has 0 N–H and O–H groups in total. The van der Waals surface area contributed by atoms with E-state index in [1.165, 1.54) is 24.8 Å². The molecule has 4 heteroatoms. The second-order valence-corrected chi connectivity index (χ2v) is 8.11. The summed E-state index contributed by atoms with van der Waals surface area (Å²) in [6.07, 6.45) is 4.65. The molecule has 2 fully saturated rings. The van der Waals surface area contributed by atoms with Gasteiger partial charge in [0.05, 0.1) is 11.0 Å². The fraction of sp³-hybridized carbons (Fsp3) is 0.391. The van der Waals surface area contributed by atoms with Crippen molar-refractivity contribution in [2.75, 3.05) is 13.1 Å². The quantitative estimate of drug-likeness (QED) is 0.709. The van der Waals surface area contributed by atoms with Crippen LogP contribution in [-0.4, -0.2) is 33.4 Å². The van der Waals surface area contributed by atoms with Crippen LogP contribution in [0.25, 0.3) is 11.0 Å². The Kier molecular flexibility index (Phi) is 4.19. The standard InChI is InChI=1S/C23H25N3O/c27-23(25-14-18-10-11-19(12-18)15-25)16-26-21-9-5-4-8-20(21)24-22(26)13-17-6-2-1-3-7-17/h1-9,18-19H,10-16H2. The minimum Gasteiger partial charge on any atom is -0.341 e. The molecule has 1 aromatic heterocycles. The van der Waals surface area contributed by atoms with Crippen molar-refractivity contribution in [2.45, 2.75) is 32.2 Å². The lowest BCUT2D eigenvalue weighted by atomic mass is 9.99. The molecule has 0 spiro atoms. The Morgan fingerprint density at radius 3 is 2.44 bits per heavy atom. The van der Waals surface area contributed by atoms with Crippen LogP contribution < -0.4 is 0 Å². The third-order valence-electron chi connectivity index (χ3n) is 6.19. The molecular formula is C23H25N3O. The maximum absolute atomic E-state index is 13.1. The van der Waals surface area contributed by atoms with Gasteiger partial charge < -0.3 is 9.47 Å². The number of amides is 1. The maximum Gasteiger partial charge on any atom is 0.242 e. The van der Waals surface area contributed by atoms with Crippen LogP contribution in [0.5, 0.6) is 0 Å². The fourth-order valence-corrected chi connectivity index (χ4v) is 4.86. The number of para-hydroxylation sites is 2. The molecule has 4 nitrogen and oxygen atoms in total. The van der Waals surface area contributed by atoms with Gasteiger partial charge in [0.15, 0.2) is 0 Å². The summed E-state index contributed by atoms with van der Waals surface area (Å²) in [6, 6.07) is 18.5. The Bertz CT molecular complexity index is 950. The first-order valence-electron chi connectivity index (χ1n) is 10.0. The van der Waals surface area contributed by atoms with Crippen molar-refractivity contribution in [2.24, 2.45) is 11.8 Å². The molecule has 2 bridgehead atoms. The molecule has 1 saturated carbocycles. The Balaban J connectivity index is 1.44. The third-order valence-corrected chi connectivity index (χ3v) is 6.19. The summed E-state index contributed by atoms with van der Waals surface area (Å²) in [5.41, 5.74) is 3.24. The molecule has 5 rings (SSSR count). The average Bonchev–Trinajstić information content (AvgIpc) is 3.21. The minimum atomic E-state index is 0.240. The average molecular weight is 359 g/mol. The van der Waals surface area contributed by atoms with Gasteiger partial charge >= 0.3 is 0 Å². The van der Waals surface area contributed by atoms with Gasteiger partial charge in [0.2, 0.25) is 5.91 Å². The van der Waals surface area contributed by atoms with Crippen LogP contribution in [0, 0.1) is 11.8 Å². The van der Waals surface area contributed by atoms with Crippen LogP contribution in [0.3, 0.4) is 0 Å². The Hall–Kier alpha value is -2.62. The second kappa shape index (κ2) is 6.84. The highest BCUT2D eigenvalue weighted by atomic mass is 16.2. The van der Waals surface area contributed by atoms with Gasteiger partial charge in [-0.05, 0) is 48.8 Å². The number of hydrogen-bond donors (Lipinski definition) is 0. The summed E-state index contributed by atoms with van der Waals surface area (Å²) in [5, 5.41) is 0. The number of piperidine rings is 1. The molecule has 1 aliphatic heterocycles. The molecule has 3 aromatic rings. The van der Waals surface area contributed by atoms with Crippen molar-refractivity contribution in [1.82, 2.24) is 14.5 Å². The number of rotatable bonds is 4. The maximum atomic E-state index is 13.1. The summed E-state index contributed by atoms with van der Waals surface area (Å²) >= 11 is 0. The molecule has 0 radical (unpaired) electrons. The highest BCUT2D eigenvalue weighted by Crippen LogP contribution is 2.36. The van der Waals surface area contributed by atoms with Gasteiger partial charge in [-0.15, -0.1) is 0 Å². The van der Waals surface area contributed by atoms with Crippen LogP contribution in [-0.2, 0) is 17.8 Å². The smallest absolute Gasteiger partial charge is 0.242 e. The summed E-state index contributed by atoms with van der Waals surface area (Å²) in [6.45, 7) is 2.27. The van der Waals surface area contributed by atoms with E-state index in [1.807, 2.05) is 24.3 Å². The molecule has 2 heterocycles. The zero-order valence-electron chi connectivity index (χ0n) is 15.6. The van der Waals surface area contributed by atoms with Gasteiger partial charge in [-0.1, -0.05) is 42.5 Å². The monoisotopic (exact) mass is 359 g/mol. The second-order valence-electron chi connectivity index (χ2n) is 8.11. The molecule has 27 heavy (non-hydrogen) atoms. The zero-order valence-corrected chi connectivity index (χ0v) is 15.6. The van der Waals surface area contributed by atoms with Crippen molar-refractivity contribution in [1.29, 1.82) is 0 Å². The summed E-state index contributed by atoms with van der Waals surface area (Å²) in [5.74, 6) is 2.65. The Morgan fingerprint density at radius 1 is 0.963 bits per heavy atom. The zero-order chi connectivity index (χ0) is 18.2. The lowest BCUT2D eigenvalue weighted by Gasteiger charge is -2.32. The summed E-state index contributed by atoms with van der Waals surface area (Å²) < 4.78 is 2.13. The van der Waals surface area contributed by atoms with Crippen molar-refractivity contribution in [3.8, 4) is 0 Å². The fourth-order valence-electron chi connectivity index (χ4n) is 4.86. The van der Waals surface area contributed by atoms with Gasteiger partial charge in [-0.3, -0.25) is 4.79 Å². The van der Waals surface area contributed by atoms with Crippen molar-refractivity contribution in [3.05, 3.63) is 66.0 Å². The lowest BCUT2D eigenvalue weighted by molar-refractivity contribution is -0.133. The van der Waals surface area contributed by atoms with Crippen LogP contribution in [0.2, 0.25) is 0 Å². The molecule has 2 unspecified atom stereocenters. The van der Waals surface area contributed by atoms with Crippen LogP contribution in [0.1, 0.15) is 30.7 Å². The summed E-state index contributed by atoms with van der Waals surface area (Å²) in [4.78, 5) is 20.1. The van der Waals surface area contributed by atoms with Crippen LogP contribution in [0.4, 0.5) is 0 Å². The van der Waals surface area contributed by atoms with Gasteiger partial charge in [-0.2, -0.15) is 0 Å². The number of likely N-dealkylation sites (tertiary alicyclic amines) is 1. The molecule has 1 amide bonds. The lowest BCUT2D eigenvalue weighted by Crippen LogP contribution is -2.42. The van der Waals surface area contributed by atoms with E-state index < -0.39 is 0 Å². The number of aromatic nitrogens is 2. The molecule has 1 aliphatic carbocycles. The number of carbonyl (C=O) groups is 1. The number of hydrogen-bond acceptors (Lipinski definition) is 2. The first-order chi connectivity index (χ1) is 13.3. The SMILES string of the molecule is O=C(Cn1c(Cc2ccccc2)nc2ccccc21)N1CC2CCC(C2)C1. The molecule has 138 valence electrons. The number of nitrogens with zero attached hydrogens (tertiary/aromatic N) is 3. The highest BCUT2D eigenvalue weighted by Gasteiger charge is 2.35. The van der Waals surface area contributed by atoms with Crippen molar-refractivity contribution < 1.29 is 4.79 Å². The number of carbonyl (C=O) groups excluding carboxylic acids is 1. The van der Waals surface area contributed by atoms with Gasteiger partial charge in [-0.25, -0.2) is 4.98 Å². The van der Waals surface area contributed by atoms with Crippen LogP contribution in [0.15, 0.2) is 54.6 Å². The van der Waals surface area contributed by atoms with Gasteiger partial charge in [0.25, 0.3) is 0 Å². The van der Waals surface area contributed by atoms with E-state index in [2.05, 4.69) is 39.8 Å². The third kappa shape index (κ3) is 3.25. The molecule has 2 aliphatic rings. The number of fused-ring (bicyclic) bond motifs is 3. The molecule has 2 atom stereocenters. The van der Waals surface area contributed by atoms with E-state index in [0.717, 1.165) is 48.2 Å². The van der Waals surface area contributed by atoms with E-state index in [4.69, 9.17) is 4.98 Å².